The van der Waals surface area contributed by atoms with Gasteiger partial charge < -0.3 is 10.4 Å². The first kappa shape index (κ1) is 12.7. The largest absolute Gasteiger partial charge is 0.395 e. The van der Waals surface area contributed by atoms with Gasteiger partial charge in [0.15, 0.2) is 0 Å². The van der Waals surface area contributed by atoms with E-state index in [0.717, 1.165) is 24.0 Å². The molecule has 1 fully saturated rings. The Morgan fingerprint density at radius 1 is 1.50 bits per heavy atom. The van der Waals surface area contributed by atoms with E-state index in [9.17, 15) is 4.79 Å². The van der Waals surface area contributed by atoms with Gasteiger partial charge in [-0.25, -0.2) is 0 Å². The van der Waals surface area contributed by atoms with Crippen molar-refractivity contribution in [3.63, 3.8) is 0 Å². The zero-order valence-corrected chi connectivity index (χ0v) is 10.5. The van der Waals surface area contributed by atoms with Gasteiger partial charge in [-0.2, -0.15) is 0 Å². The second-order valence-electron chi connectivity index (χ2n) is 4.50. The molecule has 0 radical (unpaired) electrons. The quantitative estimate of drug-likeness (QED) is 0.793. The van der Waals surface area contributed by atoms with Crippen LogP contribution in [0.3, 0.4) is 0 Å². The molecule has 1 saturated carbocycles. The maximum absolute atomic E-state index is 12.0. The summed E-state index contributed by atoms with van der Waals surface area (Å²) in [5.74, 6) is 5.85. The van der Waals surface area contributed by atoms with Crippen molar-refractivity contribution in [1.29, 1.82) is 0 Å². The molecule has 1 aromatic rings. The summed E-state index contributed by atoms with van der Waals surface area (Å²) in [5.41, 5.74) is 2.45. The molecule has 0 aromatic heterocycles. The van der Waals surface area contributed by atoms with Crippen molar-refractivity contribution in [2.24, 2.45) is 0 Å². The lowest BCUT2D eigenvalue weighted by molar-refractivity contribution is 0.0950. The van der Waals surface area contributed by atoms with Crippen LogP contribution in [0.25, 0.3) is 0 Å². The third kappa shape index (κ3) is 3.12. The van der Waals surface area contributed by atoms with Crippen molar-refractivity contribution >= 4 is 5.91 Å². The van der Waals surface area contributed by atoms with Gasteiger partial charge in [0.2, 0.25) is 0 Å². The molecular formula is C15H17NO2. The minimum Gasteiger partial charge on any atom is -0.395 e. The number of rotatable bonds is 3. The summed E-state index contributed by atoms with van der Waals surface area (Å²) in [5, 5.41) is 11.7. The van der Waals surface area contributed by atoms with E-state index in [2.05, 4.69) is 17.2 Å². The molecule has 3 nitrogen and oxygen atoms in total. The molecule has 1 aliphatic carbocycles. The van der Waals surface area contributed by atoms with Crippen LogP contribution in [-0.4, -0.2) is 23.7 Å². The number of aliphatic hydroxyl groups excluding tert-OH is 1. The second kappa shape index (κ2) is 5.70. The third-order valence-electron chi connectivity index (χ3n) is 2.95. The predicted molar refractivity (Wildman–Crippen MR) is 70.2 cm³/mol. The number of carbonyl (C=O) groups excluding carboxylic acids is 1. The lowest BCUT2D eigenvalue weighted by Gasteiger charge is -2.08. The molecule has 0 atom stereocenters. The minimum atomic E-state index is -0.0131. The van der Waals surface area contributed by atoms with Crippen molar-refractivity contribution < 1.29 is 9.90 Å². The first-order chi connectivity index (χ1) is 8.72. The van der Waals surface area contributed by atoms with E-state index in [0.29, 0.717) is 18.0 Å². The van der Waals surface area contributed by atoms with E-state index in [-0.39, 0.29) is 12.5 Å². The molecule has 1 amide bonds. The standard InChI is InChI=1S/C15H17NO2/c1-11-12(5-2-3-10-17)6-4-7-14(11)15(18)16-13-8-9-13/h4,6-7,13,17H,3,8-10H2,1H3,(H,16,18). The SMILES string of the molecule is Cc1c(C#CCCO)cccc1C(=O)NC1CC1. The van der Waals surface area contributed by atoms with Crippen molar-refractivity contribution in [2.75, 3.05) is 6.61 Å². The fourth-order valence-corrected chi connectivity index (χ4v) is 1.72. The second-order valence-corrected chi connectivity index (χ2v) is 4.50. The van der Waals surface area contributed by atoms with Crippen LogP contribution in [0.5, 0.6) is 0 Å². The predicted octanol–water partition coefficient (Wildman–Crippen LogP) is 1.62. The first-order valence-electron chi connectivity index (χ1n) is 6.22. The Kier molecular flexibility index (Phi) is 4.01. The smallest absolute Gasteiger partial charge is 0.251 e. The molecule has 0 bridgehead atoms. The van der Waals surface area contributed by atoms with Crippen LogP contribution in [0.15, 0.2) is 18.2 Å². The Bertz CT molecular complexity index is 507. The highest BCUT2D eigenvalue weighted by Gasteiger charge is 2.24. The Labute approximate surface area is 107 Å². The van der Waals surface area contributed by atoms with Gasteiger partial charge in [0.1, 0.15) is 0 Å². The van der Waals surface area contributed by atoms with Crippen molar-refractivity contribution in [3.8, 4) is 11.8 Å². The number of benzene rings is 1. The molecule has 2 rings (SSSR count). The van der Waals surface area contributed by atoms with Gasteiger partial charge in [0.25, 0.3) is 5.91 Å². The fraction of sp³-hybridized carbons (Fsp3) is 0.400. The molecule has 0 saturated heterocycles. The molecule has 3 heteroatoms. The number of hydrogen-bond acceptors (Lipinski definition) is 2. The minimum absolute atomic E-state index is 0.0131. The van der Waals surface area contributed by atoms with Crippen LogP contribution in [0.4, 0.5) is 0 Å². The van der Waals surface area contributed by atoms with E-state index < -0.39 is 0 Å². The van der Waals surface area contributed by atoms with Crippen LogP contribution in [0, 0.1) is 18.8 Å². The lowest BCUT2D eigenvalue weighted by Crippen LogP contribution is -2.26. The normalized spacial score (nSPS) is 13.7. The van der Waals surface area contributed by atoms with E-state index in [1.165, 1.54) is 0 Å². The van der Waals surface area contributed by atoms with E-state index >= 15 is 0 Å². The number of amides is 1. The lowest BCUT2D eigenvalue weighted by atomic mass is 10.0. The molecule has 0 unspecified atom stereocenters. The van der Waals surface area contributed by atoms with E-state index in [4.69, 9.17) is 5.11 Å². The Balaban J connectivity index is 2.18. The van der Waals surface area contributed by atoms with Gasteiger partial charge in [-0.1, -0.05) is 17.9 Å². The average Bonchev–Trinajstić information content (AvgIpc) is 3.15. The van der Waals surface area contributed by atoms with Crippen molar-refractivity contribution in [3.05, 3.63) is 34.9 Å². The Morgan fingerprint density at radius 2 is 2.28 bits per heavy atom. The topological polar surface area (TPSA) is 49.3 Å². The molecule has 2 N–H and O–H groups in total. The molecule has 0 aliphatic heterocycles. The maximum Gasteiger partial charge on any atom is 0.251 e. The zero-order valence-electron chi connectivity index (χ0n) is 10.5. The third-order valence-corrected chi connectivity index (χ3v) is 2.95. The Morgan fingerprint density at radius 3 is 2.94 bits per heavy atom. The Hall–Kier alpha value is -1.79. The molecule has 18 heavy (non-hydrogen) atoms. The van der Waals surface area contributed by atoms with Gasteiger partial charge in [-0.15, -0.1) is 0 Å². The summed E-state index contributed by atoms with van der Waals surface area (Å²) < 4.78 is 0. The number of nitrogens with one attached hydrogen (secondary N) is 1. The zero-order chi connectivity index (χ0) is 13.0. The van der Waals surface area contributed by atoms with Gasteiger partial charge in [0.05, 0.1) is 6.61 Å². The number of aliphatic hydroxyl groups is 1. The number of carbonyl (C=O) groups is 1. The molecule has 0 spiro atoms. The molecule has 94 valence electrons. The van der Waals surface area contributed by atoms with Crippen molar-refractivity contribution in [1.82, 2.24) is 5.32 Å². The summed E-state index contributed by atoms with van der Waals surface area (Å²) in [6.07, 6.45) is 2.62. The highest BCUT2D eigenvalue weighted by Crippen LogP contribution is 2.20. The van der Waals surface area contributed by atoms with Gasteiger partial charge in [0, 0.05) is 23.6 Å². The monoisotopic (exact) mass is 243 g/mol. The van der Waals surface area contributed by atoms with Crippen LogP contribution >= 0.6 is 0 Å². The first-order valence-corrected chi connectivity index (χ1v) is 6.22. The highest BCUT2D eigenvalue weighted by molar-refractivity contribution is 5.96. The van der Waals surface area contributed by atoms with Gasteiger partial charge >= 0.3 is 0 Å². The van der Waals surface area contributed by atoms with E-state index in [1.54, 1.807) is 0 Å². The van der Waals surface area contributed by atoms with Gasteiger partial charge in [-0.3, -0.25) is 4.79 Å². The summed E-state index contributed by atoms with van der Waals surface area (Å²) >= 11 is 0. The van der Waals surface area contributed by atoms with Crippen LogP contribution in [0.1, 0.15) is 40.7 Å². The highest BCUT2D eigenvalue weighted by atomic mass is 16.2. The summed E-state index contributed by atoms with van der Waals surface area (Å²) in [6, 6.07) is 5.93. The molecule has 1 aromatic carbocycles. The van der Waals surface area contributed by atoms with Crippen LogP contribution in [0.2, 0.25) is 0 Å². The fourth-order valence-electron chi connectivity index (χ4n) is 1.72. The van der Waals surface area contributed by atoms with Crippen LogP contribution in [-0.2, 0) is 0 Å². The average molecular weight is 243 g/mol. The summed E-state index contributed by atoms with van der Waals surface area (Å²) in [7, 11) is 0. The molecule has 0 heterocycles. The van der Waals surface area contributed by atoms with Gasteiger partial charge in [-0.05, 0) is 37.5 Å². The van der Waals surface area contributed by atoms with Crippen molar-refractivity contribution in [2.45, 2.75) is 32.2 Å². The summed E-state index contributed by atoms with van der Waals surface area (Å²) in [4.78, 5) is 12.0. The number of hydrogen-bond donors (Lipinski definition) is 2. The maximum atomic E-state index is 12.0. The molecular weight excluding hydrogens is 226 g/mol. The van der Waals surface area contributed by atoms with Crippen LogP contribution < -0.4 is 5.32 Å². The molecule has 1 aliphatic rings. The summed E-state index contributed by atoms with van der Waals surface area (Å²) in [6.45, 7) is 1.97. The van der Waals surface area contributed by atoms with E-state index in [1.807, 2.05) is 25.1 Å².